The molecule has 0 spiro atoms. The lowest BCUT2D eigenvalue weighted by Crippen LogP contribution is -2.26. The molecule has 0 fully saturated rings. The average molecular weight is 277 g/mol. The zero-order valence-electron chi connectivity index (χ0n) is 13.9. The van der Waals surface area contributed by atoms with Gasteiger partial charge >= 0.3 is 0 Å². The van der Waals surface area contributed by atoms with Gasteiger partial charge in [-0.15, -0.1) is 0 Å². The molecule has 1 rings (SSSR count). The molecule has 0 atom stereocenters. The third-order valence-corrected chi connectivity index (χ3v) is 4.14. The van der Waals surface area contributed by atoms with E-state index in [2.05, 4.69) is 37.0 Å². The smallest absolute Gasteiger partial charge is 0.0230 e. The van der Waals surface area contributed by atoms with E-state index in [9.17, 15) is 0 Å². The number of nitrogens with zero attached hydrogens (tertiary/aromatic N) is 1. The number of unbranched alkanes of at least 4 members (excludes halogenated alkanes) is 7. The predicted octanol–water partition coefficient (Wildman–Crippen LogP) is 5.73. The fraction of sp³-hybridized carbons (Fsp3) is 0.789. The Morgan fingerprint density at radius 2 is 1.75 bits per heavy atom. The molecule has 0 aromatic heterocycles. The second kappa shape index (κ2) is 12.2. The van der Waals surface area contributed by atoms with E-state index in [1.165, 1.54) is 83.8 Å². The highest BCUT2D eigenvalue weighted by molar-refractivity contribution is 5.21. The highest BCUT2D eigenvalue weighted by atomic mass is 15.1. The minimum atomic E-state index is 1.17. The van der Waals surface area contributed by atoms with Crippen LogP contribution in [0.5, 0.6) is 0 Å². The third kappa shape index (κ3) is 8.58. The van der Waals surface area contributed by atoms with Gasteiger partial charge in [-0.3, -0.25) is 4.90 Å². The molecule has 1 aliphatic heterocycles. The van der Waals surface area contributed by atoms with Crippen molar-refractivity contribution in [3.63, 3.8) is 0 Å². The fourth-order valence-corrected chi connectivity index (χ4v) is 2.80. The molecule has 0 radical (unpaired) electrons. The van der Waals surface area contributed by atoms with Gasteiger partial charge in [0.1, 0.15) is 0 Å². The maximum Gasteiger partial charge on any atom is 0.0230 e. The summed E-state index contributed by atoms with van der Waals surface area (Å²) in [5.41, 5.74) is 1.55. The van der Waals surface area contributed by atoms with Crippen molar-refractivity contribution in [3.05, 3.63) is 23.8 Å². The summed E-state index contributed by atoms with van der Waals surface area (Å²) >= 11 is 0. The lowest BCUT2D eigenvalue weighted by Gasteiger charge is -2.20. The van der Waals surface area contributed by atoms with Crippen LogP contribution in [-0.2, 0) is 0 Å². The standard InChI is InChI=1S/C19H35N/c1-3-5-7-8-9-10-11-14-19-15-12-13-17-20(18-19)16-6-4-2/h12,14-15H,3-11,13,16-18H2,1-2H3/b19-14+. The number of allylic oxidation sites excluding steroid dienone is 1. The normalized spacial score (nSPS) is 18.6. The number of rotatable bonds is 10. The summed E-state index contributed by atoms with van der Waals surface area (Å²) in [6, 6.07) is 0. The molecule has 116 valence electrons. The molecule has 0 saturated carbocycles. The molecule has 1 nitrogen and oxygen atoms in total. The SMILES string of the molecule is CCCCCCCC/C=C1\C=CCCN(CCCC)C1. The molecule has 0 aliphatic carbocycles. The summed E-state index contributed by atoms with van der Waals surface area (Å²) in [6.45, 7) is 8.25. The van der Waals surface area contributed by atoms with E-state index in [0.29, 0.717) is 0 Å². The fourth-order valence-electron chi connectivity index (χ4n) is 2.80. The molecular weight excluding hydrogens is 242 g/mol. The van der Waals surface area contributed by atoms with Gasteiger partial charge in [-0.05, 0) is 37.8 Å². The van der Waals surface area contributed by atoms with Crippen molar-refractivity contribution in [2.75, 3.05) is 19.6 Å². The molecule has 0 aromatic carbocycles. The Hall–Kier alpha value is -0.560. The van der Waals surface area contributed by atoms with Crippen LogP contribution >= 0.6 is 0 Å². The van der Waals surface area contributed by atoms with E-state index in [-0.39, 0.29) is 0 Å². The Morgan fingerprint density at radius 3 is 2.55 bits per heavy atom. The van der Waals surface area contributed by atoms with Crippen LogP contribution in [0.3, 0.4) is 0 Å². The Labute approximate surface area is 127 Å². The van der Waals surface area contributed by atoms with Gasteiger partial charge in [0, 0.05) is 13.1 Å². The summed E-state index contributed by atoms with van der Waals surface area (Å²) in [5.74, 6) is 0. The molecule has 1 aliphatic rings. The maximum atomic E-state index is 2.62. The summed E-state index contributed by atoms with van der Waals surface area (Å²) in [5, 5.41) is 0. The molecule has 1 heterocycles. The van der Waals surface area contributed by atoms with Gasteiger partial charge in [-0.2, -0.15) is 0 Å². The Bertz CT molecular complexity index is 277. The quantitative estimate of drug-likeness (QED) is 0.461. The summed E-state index contributed by atoms with van der Waals surface area (Å²) in [7, 11) is 0. The lowest BCUT2D eigenvalue weighted by atomic mass is 10.1. The zero-order chi connectivity index (χ0) is 14.5. The predicted molar refractivity (Wildman–Crippen MR) is 91.2 cm³/mol. The highest BCUT2D eigenvalue weighted by Crippen LogP contribution is 2.13. The maximum absolute atomic E-state index is 2.62. The van der Waals surface area contributed by atoms with Crippen molar-refractivity contribution < 1.29 is 0 Å². The summed E-state index contributed by atoms with van der Waals surface area (Å²) in [4.78, 5) is 2.62. The molecule has 0 saturated heterocycles. The van der Waals surface area contributed by atoms with Crippen molar-refractivity contribution in [1.82, 2.24) is 4.90 Å². The number of hydrogen-bond acceptors (Lipinski definition) is 1. The van der Waals surface area contributed by atoms with Gasteiger partial charge in [0.25, 0.3) is 0 Å². The minimum absolute atomic E-state index is 1.17. The van der Waals surface area contributed by atoms with E-state index in [1.54, 1.807) is 5.57 Å². The van der Waals surface area contributed by atoms with Crippen LogP contribution in [0.15, 0.2) is 23.8 Å². The molecular formula is C19H35N. The third-order valence-electron chi connectivity index (χ3n) is 4.14. The van der Waals surface area contributed by atoms with Crippen molar-refractivity contribution >= 4 is 0 Å². The van der Waals surface area contributed by atoms with Crippen LogP contribution in [0.2, 0.25) is 0 Å². The van der Waals surface area contributed by atoms with Crippen molar-refractivity contribution in [3.8, 4) is 0 Å². The summed E-state index contributed by atoms with van der Waals surface area (Å²) < 4.78 is 0. The number of hydrogen-bond donors (Lipinski definition) is 0. The van der Waals surface area contributed by atoms with Crippen LogP contribution in [-0.4, -0.2) is 24.5 Å². The molecule has 0 N–H and O–H groups in total. The Kier molecular flexibility index (Phi) is 10.7. The van der Waals surface area contributed by atoms with Gasteiger partial charge in [-0.1, -0.05) is 70.6 Å². The van der Waals surface area contributed by atoms with Gasteiger partial charge in [0.15, 0.2) is 0 Å². The van der Waals surface area contributed by atoms with Crippen LogP contribution < -0.4 is 0 Å². The molecule has 20 heavy (non-hydrogen) atoms. The first kappa shape index (κ1) is 17.5. The molecule has 0 bridgehead atoms. The first-order valence-electron chi connectivity index (χ1n) is 8.94. The van der Waals surface area contributed by atoms with Crippen LogP contribution in [0.1, 0.15) is 78.1 Å². The van der Waals surface area contributed by atoms with E-state index in [0.717, 1.165) is 0 Å². The van der Waals surface area contributed by atoms with Crippen LogP contribution in [0, 0.1) is 0 Å². The first-order valence-corrected chi connectivity index (χ1v) is 8.94. The largest absolute Gasteiger partial charge is 0.299 e. The molecule has 0 unspecified atom stereocenters. The van der Waals surface area contributed by atoms with Crippen molar-refractivity contribution in [2.45, 2.75) is 78.1 Å². The first-order chi connectivity index (χ1) is 9.86. The second-order valence-corrected chi connectivity index (χ2v) is 6.16. The summed E-state index contributed by atoms with van der Waals surface area (Å²) in [6.07, 6.45) is 20.7. The molecule has 0 amide bonds. The van der Waals surface area contributed by atoms with Gasteiger partial charge in [0.2, 0.25) is 0 Å². The molecule has 1 heteroatoms. The highest BCUT2D eigenvalue weighted by Gasteiger charge is 2.07. The lowest BCUT2D eigenvalue weighted by molar-refractivity contribution is 0.302. The molecule has 0 aromatic rings. The van der Waals surface area contributed by atoms with E-state index in [1.807, 2.05) is 0 Å². The second-order valence-electron chi connectivity index (χ2n) is 6.16. The van der Waals surface area contributed by atoms with Gasteiger partial charge in [0.05, 0.1) is 0 Å². The van der Waals surface area contributed by atoms with Crippen LogP contribution in [0.4, 0.5) is 0 Å². The zero-order valence-corrected chi connectivity index (χ0v) is 13.9. The monoisotopic (exact) mass is 277 g/mol. The van der Waals surface area contributed by atoms with E-state index in [4.69, 9.17) is 0 Å². The Morgan fingerprint density at radius 1 is 1.00 bits per heavy atom. The average Bonchev–Trinajstić information content (AvgIpc) is 2.69. The van der Waals surface area contributed by atoms with Gasteiger partial charge in [-0.25, -0.2) is 0 Å². The van der Waals surface area contributed by atoms with E-state index < -0.39 is 0 Å². The van der Waals surface area contributed by atoms with Crippen molar-refractivity contribution in [1.29, 1.82) is 0 Å². The van der Waals surface area contributed by atoms with Crippen molar-refractivity contribution in [2.24, 2.45) is 0 Å². The van der Waals surface area contributed by atoms with E-state index >= 15 is 0 Å². The van der Waals surface area contributed by atoms with Crippen LogP contribution in [0.25, 0.3) is 0 Å². The van der Waals surface area contributed by atoms with Gasteiger partial charge < -0.3 is 0 Å². The minimum Gasteiger partial charge on any atom is -0.299 e. The Balaban J connectivity index is 2.19. The topological polar surface area (TPSA) is 3.24 Å².